The van der Waals surface area contributed by atoms with Crippen LogP contribution in [-0.2, 0) is 4.74 Å². The Morgan fingerprint density at radius 3 is 2.69 bits per heavy atom. The van der Waals surface area contributed by atoms with Gasteiger partial charge in [-0.3, -0.25) is 0 Å². The maximum atomic E-state index is 11.3. The van der Waals surface area contributed by atoms with Gasteiger partial charge in [-0.1, -0.05) is 6.08 Å². The molecule has 4 nitrogen and oxygen atoms in total. The van der Waals surface area contributed by atoms with Crippen molar-refractivity contribution in [2.24, 2.45) is 0 Å². The van der Waals surface area contributed by atoms with E-state index in [1.807, 2.05) is 19.3 Å². The van der Waals surface area contributed by atoms with Crippen LogP contribution in [0, 0.1) is 0 Å². The molecule has 5 heteroatoms. The second-order valence-electron chi connectivity index (χ2n) is 2.98. The molecule has 2 N–H and O–H groups in total. The number of thioether (sulfide) groups is 1. The molecule has 0 aliphatic rings. The SMILES string of the molecule is C/C=C(\SC)c1ccc(C(=O)OC)c(N)n1. The fourth-order valence-corrected chi connectivity index (χ4v) is 1.82. The van der Waals surface area contributed by atoms with E-state index in [9.17, 15) is 4.79 Å². The minimum Gasteiger partial charge on any atom is -0.465 e. The Morgan fingerprint density at radius 2 is 2.25 bits per heavy atom. The van der Waals surface area contributed by atoms with Crippen LogP contribution >= 0.6 is 11.8 Å². The van der Waals surface area contributed by atoms with Crippen LogP contribution in [-0.4, -0.2) is 24.3 Å². The molecule has 86 valence electrons. The zero-order valence-electron chi connectivity index (χ0n) is 9.48. The molecule has 0 spiro atoms. The Balaban J connectivity index is 3.13. The van der Waals surface area contributed by atoms with E-state index in [1.165, 1.54) is 7.11 Å². The number of esters is 1. The fourth-order valence-electron chi connectivity index (χ4n) is 1.27. The normalized spacial score (nSPS) is 11.3. The molecule has 1 aromatic rings. The van der Waals surface area contributed by atoms with Crippen molar-refractivity contribution >= 4 is 28.5 Å². The summed E-state index contributed by atoms with van der Waals surface area (Å²) in [7, 11) is 1.31. The zero-order valence-corrected chi connectivity index (χ0v) is 10.3. The number of rotatable bonds is 3. The smallest absolute Gasteiger partial charge is 0.341 e. The third-order valence-electron chi connectivity index (χ3n) is 2.06. The minimum absolute atomic E-state index is 0.192. The van der Waals surface area contributed by atoms with Crippen LogP contribution in [0.25, 0.3) is 4.91 Å². The number of nitrogens with two attached hydrogens (primary N) is 1. The lowest BCUT2D eigenvalue weighted by molar-refractivity contribution is 0.0601. The van der Waals surface area contributed by atoms with Crippen molar-refractivity contribution in [1.82, 2.24) is 4.98 Å². The Labute approximate surface area is 98.9 Å². The molecule has 0 bridgehead atoms. The van der Waals surface area contributed by atoms with E-state index in [4.69, 9.17) is 5.73 Å². The molecule has 1 heterocycles. The molecule has 0 unspecified atom stereocenters. The summed E-state index contributed by atoms with van der Waals surface area (Å²) < 4.78 is 4.59. The summed E-state index contributed by atoms with van der Waals surface area (Å²) in [6.07, 6.45) is 3.91. The lowest BCUT2D eigenvalue weighted by Crippen LogP contribution is -2.08. The van der Waals surface area contributed by atoms with Gasteiger partial charge in [-0.15, -0.1) is 11.8 Å². The van der Waals surface area contributed by atoms with Crippen molar-refractivity contribution in [2.45, 2.75) is 6.92 Å². The van der Waals surface area contributed by atoms with Gasteiger partial charge in [0.2, 0.25) is 0 Å². The number of nitrogens with zero attached hydrogens (tertiary/aromatic N) is 1. The first-order valence-corrected chi connectivity index (χ1v) is 5.92. The zero-order chi connectivity index (χ0) is 12.1. The molecule has 0 atom stereocenters. The van der Waals surface area contributed by atoms with Crippen molar-refractivity contribution in [2.75, 3.05) is 19.1 Å². The monoisotopic (exact) mass is 238 g/mol. The maximum absolute atomic E-state index is 11.3. The first-order chi connectivity index (χ1) is 7.63. The summed E-state index contributed by atoms with van der Waals surface area (Å²) in [5.41, 5.74) is 6.75. The molecular formula is C11H14N2O2S. The summed E-state index contributed by atoms with van der Waals surface area (Å²) in [5.74, 6) is -0.277. The number of hydrogen-bond acceptors (Lipinski definition) is 5. The van der Waals surface area contributed by atoms with Gasteiger partial charge in [-0.05, 0) is 25.3 Å². The average molecular weight is 238 g/mol. The van der Waals surface area contributed by atoms with E-state index in [2.05, 4.69) is 9.72 Å². The average Bonchev–Trinajstić information content (AvgIpc) is 2.30. The van der Waals surface area contributed by atoms with Gasteiger partial charge in [0.1, 0.15) is 11.4 Å². The molecule has 0 aliphatic heterocycles. The number of ether oxygens (including phenoxy) is 1. The van der Waals surface area contributed by atoms with E-state index in [-0.39, 0.29) is 5.82 Å². The van der Waals surface area contributed by atoms with E-state index in [1.54, 1.807) is 23.9 Å². The number of hydrogen-bond donors (Lipinski definition) is 1. The van der Waals surface area contributed by atoms with Crippen molar-refractivity contribution in [3.05, 3.63) is 29.5 Å². The summed E-state index contributed by atoms with van der Waals surface area (Å²) in [6.45, 7) is 1.93. The number of allylic oxidation sites excluding steroid dienone is 1. The van der Waals surface area contributed by atoms with Crippen molar-refractivity contribution in [3.63, 3.8) is 0 Å². The molecule has 0 saturated heterocycles. The van der Waals surface area contributed by atoms with Crippen LogP contribution in [0.5, 0.6) is 0 Å². The maximum Gasteiger partial charge on any atom is 0.341 e. The van der Waals surface area contributed by atoms with Crippen LogP contribution in [0.3, 0.4) is 0 Å². The van der Waals surface area contributed by atoms with Gasteiger partial charge in [-0.2, -0.15) is 0 Å². The molecule has 1 aromatic heterocycles. The number of methoxy groups -OCH3 is 1. The van der Waals surface area contributed by atoms with Gasteiger partial charge >= 0.3 is 5.97 Å². The number of carbonyl (C=O) groups is 1. The van der Waals surface area contributed by atoms with Gasteiger partial charge in [-0.25, -0.2) is 9.78 Å². The molecule has 1 rings (SSSR count). The van der Waals surface area contributed by atoms with Gasteiger partial charge in [0, 0.05) is 4.91 Å². The topological polar surface area (TPSA) is 65.2 Å². The van der Waals surface area contributed by atoms with Gasteiger partial charge < -0.3 is 10.5 Å². The third kappa shape index (κ3) is 2.55. The lowest BCUT2D eigenvalue weighted by Gasteiger charge is -2.07. The predicted octanol–water partition coefficient (Wildman–Crippen LogP) is 2.17. The quantitative estimate of drug-likeness (QED) is 0.817. The number of carbonyl (C=O) groups excluding carboxylic acids is 1. The Bertz CT molecular complexity index is 430. The highest BCUT2D eigenvalue weighted by Crippen LogP contribution is 2.25. The summed E-state index contributed by atoms with van der Waals surface area (Å²) in [4.78, 5) is 16.5. The standard InChI is InChI=1S/C11H14N2O2S/c1-4-9(16-3)8-6-5-7(10(12)13-8)11(14)15-2/h4-6H,1-3H3,(H2,12,13)/b9-4-. The Kier molecular flexibility index (Phi) is 4.37. The van der Waals surface area contributed by atoms with E-state index in [0.29, 0.717) is 5.56 Å². The second-order valence-corrected chi connectivity index (χ2v) is 3.83. The van der Waals surface area contributed by atoms with E-state index < -0.39 is 5.97 Å². The molecule has 0 aromatic carbocycles. The molecule has 0 aliphatic carbocycles. The highest BCUT2D eigenvalue weighted by atomic mass is 32.2. The van der Waals surface area contributed by atoms with Crippen LogP contribution in [0.4, 0.5) is 5.82 Å². The Morgan fingerprint density at radius 1 is 1.56 bits per heavy atom. The Hall–Kier alpha value is -1.49. The van der Waals surface area contributed by atoms with Gasteiger partial charge in [0.25, 0.3) is 0 Å². The predicted molar refractivity (Wildman–Crippen MR) is 67.2 cm³/mol. The molecule has 0 fully saturated rings. The third-order valence-corrected chi connectivity index (χ3v) is 2.95. The molecule has 16 heavy (non-hydrogen) atoms. The van der Waals surface area contributed by atoms with E-state index in [0.717, 1.165) is 10.6 Å². The molecule has 0 radical (unpaired) electrons. The fraction of sp³-hybridized carbons (Fsp3) is 0.273. The second kappa shape index (κ2) is 5.55. The number of anilines is 1. The number of nitrogen functional groups attached to an aromatic ring is 1. The first-order valence-electron chi connectivity index (χ1n) is 4.69. The molecule has 0 saturated carbocycles. The highest BCUT2D eigenvalue weighted by Gasteiger charge is 2.12. The number of pyridine rings is 1. The van der Waals surface area contributed by atoms with Gasteiger partial charge in [0.15, 0.2) is 0 Å². The van der Waals surface area contributed by atoms with Crippen LogP contribution < -0.4 is 5.73 Å². The van der Waals surface area contributed by atoms with Gasteiger partial charge in [0.05, 0.1) is 12.8 Å². The van der Waals surface area contributed by atoms with Crippen LogP contribution in [0.15, 0.2) is 18.2 Å². The van der Waals surface area contributed by atoms with E-state index >= 15 is 0 Å². The van der Waals surface area contributed by atoms with Crippen molar-refractivity contribution in [1.29, 1.82) is 0 Å². The summed E-state index contributed by atoms with van der Waals surface area (Å²) in [5, 5.41) is 0. The largest absolute Gasteiger partial charge is 0.465 e. The number of aromatic nitrogens is 1. The summed E-state index contributed by atoms with van der Waals surface area (Å²) in [6, 6.07) is 3.39. The molecule has 0 amide bonds. The lowest BCUT2D eigenvalue weighted by atomic mass is 10.2. The van der Waals surface area contributed by atoms with Crippen LogP contribution in [0.1, 0.15) is 23.0 Å². The van der Waals surface area contributed by atoms with Crippen molar-refractivity contribution < 1.29 is 9.53 Å². The molecular weight excluding hydrogens is 224 g/mol. The highest BCUT2D eigenvalue weighted by molar-refractivity contribution is 8.07. The van der Waals surface area contributed by atoms with Crippen LogP contribution in [0.2, 0.25) is 0 Å². The summed E-state index contributed by atoms with van der Waals surface area (Å²) >= 11 is 1.58. The van der Waals surface area contributed by atoms with Crippen molar-refractivity contribution in [3.8, 4) is 0 Å². The minimum atomic E-state index is -0.470. The first kappa shape index (κ1) is 12.6.